The zero-order valence-corrected chi connectivity index (χ0v) is 16.5. The summed E-state index contributed by atoms with van der Waals surface area (Å²) in [6, 6.07) is 11.2. The lowest BCUT2D eigenvalue weighted by molar-refractivity contribution is -0.113. The standard InChI is InChI=1S/C20H21N3O3S/c1-12-5-7-15-14(9-12)19(25)23(3)20(22-15)27-11-18(24)21-16-10-13(2)6-8-17(16)26-4/h5-10H,11H2,1-4H3,(H,21,24). The van der Waals surface area contributed by atoms with E-state index >= 15 is 0 Å². The van der Waals surface area contributed by atoms with E-state index in [0.717, 1.165) is 11.1 Å². The molecule has 3 rings (SSSR count). The number of fused-ring (bicyclic) bond motifs is 1. The van der Waals surface area contributed by atoms with Crippen LogP contribution in [0.15, 0.2) is 46.3 Å². The molecule has 1 N–H and O–H groups in total. The second-order valence-electron chi connectivity index (χ2n) is 6.32. The SMILES string of the molecule is COc1ccc(C)cc1NC(=O)CSc1nc2ccc(C)cc2c(=O)n1C. The highest BCUT2D eigenvalue weighted by molar-refractivity contribution is 7.99. The monoisotopic (exact) mass is 383 g/mol. The van der Waals surface area contributed by atoms with Crippen molar-refractivity contribution in [2.45, 2.75) is 19.0 Å². The number of rotatable bonds is 5. The van der Waals surface area contributed by atoms with Crippen LogP contribution in [0.3, 0.4) is 0 Å². The van der Waals surface area contributed by atoms with Gasteiger partial charge in [0.25, 0.3) is 5.56 Å². The van der Waals surface area contributed by atoms with Crippen molar-refractivity contribution in [3.8, 4) is 5.75 Å². The van der Waals surface area contributed by atoms with Crippen LogP contribution in [-0.4, -0.2) is 28.3 Å². The number of thioether (sulfide) groups is 1. The quantitative estimate of drug-likeness (QED) is 0.541. The number of nitrogens with one attached hydrogen (secondary N) is 1. The smallest absolute Gasteiger partial charge is 0.261 e. The van der Waals surface area contributed by atoms with Crippen molar-refractivity contribution in [3.63, 3.8) is 0 Å². The van der Waals surface area contributed by atoms with Gasteiger partial charge in [-0.1, -0.05) is 29.5 Å². The van der Waals surface area contributed by atoms with Crippen molar-refractivity contribution in [1.29, 1.82) is 0 Å². The Hall–Kier alpha value is -2.80. The summed E-state index contributed by atoms with van der Waals surface area (Å²) in [7, 11) is 3.23. The van der Waals surface area contributed by atoms with Gasteiger partial charge in [-0.05, 0) is 43.7 Å². The van der Waals surface area contributed by atoms with Crippen molar-refractivity contribution in [1.82, 2.24) is 9.55 Å². The van der Waals surface area contributed by atoms with Gasteiger partial charge in [-0.25, -0.2) is 4.98 Å². The van der Waals surface area contributed by atoms with Crippen LogP contribution in [0.5, 0.6) is 5.75 Å². The van der Waals surface area contributed by atoms with Crippen LogP contribution in [-0.2, 0) is 11.8 Å². The van der Waals surface area contributed by atoms with Crippen molar-refractivity contribution < 1.29 is 9.53 Å². The second kappa shape index (κ2) is 7.84. The Kier molecular flexibility index (Phi) is 5.51. The minimum absolute atomic E-state index is 0.119. The molecule has 2 aromatic carbocycles. The number of aromatic nitrogens is 2. The number of carbonyl (C=O) groups is 1. The van der Waals surface area contributed by atoms with E-state index in [1.165, 1.54) is 16.3 Å². The van der Waals surface area contributed by atoms with Crippen molar-refractivity contribution in [3.05, 3.63) is 57.9 Å². The molecule has 1 aromatic heterocycles. The van der Waals surface area contributed by atoms with E-state index in [0.29, 0.717) is 27.5 Å². The molecule has 0 fully saturated rings. The van der Waals surface area contributed by atoms with Crippen LogP contribution >= 0.6 is 11.8 Å². The topological polar surface area (TPSA) is 73.2 Å². The summed E-state index contributed by atoms with van der Waals surface area (Å²) in [6.45, 7) is 3.88. The molecule has 7 heteroatoms. The second-order valence-corrected chi connectivity index (χ2v) is 7.26. The Labute approximate surface area is 161 Å². The van der Waals surface area contributed by atoms with Gasteiger partial charge in [0.15, 0.2) is 5.16 Å². The zero-order valence-electron chi connectivity index (χ0n) is 15.7. The number of nitrogens with zero attached hydrogens (tertiary/aromatic N) is 2. The molecule has 0 saturated heterocycles. The first-order chi connectivity index (χ1) is 12.9. The summed E-state index contributed by atoms with van der Waals surface area (Å²) in [5.74, 6) is 0.544. The summed E-state index contributed by atoms with van der Waals surface area (Å²) >= 11 is 1.22. The predicted octanol–water partition coefficient (Wildman–Crippen LogP) is 3.29. The maximum atomic E-state index is 12.6. The molecule has 0 aliphatic carbocycles. The van der Waals surface area contributed by atoms with Gasteiger partial charge in [-0.15, -0.1) is 0 Å². The fourth-order valence-electron chi connectivity index (χ4n) is 2.73. The lowest BCUT2D eigenvalue weighted by Gasteiger charge is -2.12. The van der Waals surface area contributed by atoms with E-state index in [1.54, 1.807) is 14.2 Å². The molecule has 0 bridgehead atoms. The van der Waals surface area contributed by atoms with Gasteiger partial charge in [0.05, 0.1) is 29.5 Å². The molecule has 0 aliphatic heterocycles. The van der Waals surface area contributed by atoms with Crippen LogP contribution in [0.25, 0.3) is 10.9 Å². The minimum atomic E-state index is -0.192. The maximum Gasteiger partial charge on any atom is 0.261 e. The van der Waals surface area contributed by atoms with Crippen molar-refractivity contribution in [2.75, 3.05) is 18.2 Å². The fourth-order valence-corrected chi connectivity index (χ4v) is 3.50. The van der Waals surface area contributed by atoms with Crippen LogP contribution in [0.4, 0.5) is 5.69 Å². The molecule has 3 aromatic rings. The lowest BCUT2D eigenvalue weighted by atomic mass is 10.2. The van der Waals surface area contributed by atoms with E-state index in [4.69, 9.17) is 4.74 Å². The first-order valence-corrected chi connectivity index (χ1v) is 9.42. The Bertz CT molecular complexity index is 1080. The first-order valence-electron chi connectivity index (χ1n) is 8.43. The normalized spacial score (nSPS) is 10.8. The van der Waals surface area contributed by atoms with Crippen LogP contribution in [0.2, 0.25) is 0 Å². The lowest BCUT2D eigenvalue weighted by Crippen LogP contribution is -2.21. The minimum Gasteiger partial charge on any atom is -0.495 e. The first kappa shape index (κ1) is 19.0. The Morgan fingerprint density at radius 1 is 1.19 bits per heavy atom. The molecular weight excluding hydrogens is 362 g/mol. The number of carbonyl (C=O) groups excluding carboxylic acids is 1. The van der Waals surface area contributed by atoms with Crippen LogP contribution in [0.1, 0.15) is 11.1 Å². The summed E-state index contributed by atoms with van der Waals surface area (Å²) in [5.41, 5.74) is 3.17. The average molecular weight is 383 g/mol. The Morgan fingerprint density at radius 2 is 1.89 bits per heavy atom. The molecule has 1 heterocycles. The third kappa shape index (κ3) is 4.14. The highest BCUT2D eigenvalue weighted by Crippen LogP contribution is 2.26. The number of hydrogen-bond acceptors (Lipinski definition) is 5. The molecule has 0 atom stereocenters. The van der Waals surface area contributed by atoms with Crippen molar-refractivity contribution in [2.24, 2.45) is 7.05 Å². The maximum absolute atomic E-state index is 12.6. The fraction of sp³-hybridized carbons (Fsp3) is 0.250. The van der Waals surface area contributed by atoms with Gasteiger partial charge in [-0.3, -0.25) is 14.2 Å². The highest BCUT2D eigenvalue weighted by Gasteiger charge is 2.13. The summed E-state index contributed by atoms with van der Waals surface area (Å²) in [5, 5.41) is 3.93. The number of aryl methyl sites for hydroxylation is 2. The number of methoxy groups -OCH3 is 1. The van der Waals surface area contributed by atoms with E-state index in [-0.39, 0.29) is 17.2 Å². The highest BCUT2D eigenvalue weighted by atomic mass is 32.2. The molecule has 27 heavy (non-hydrogen) atoms. The molecule has 140 valence electrons. The van der Waals surface area contributed by atoms with Gasteiger partial charge in [0, 0.05) is 7.05 Å². The summed E-state index contributed by atoms with van der Waals surface area (Å²) < 4.78 is 6.76. The number of anilines is 1. The molecule has 0 aliphatic rings. The predicted molar refractivity (Wildman–Crippen MR) is 109 cm³/mol. The van der Waals surface area contributed by atoms with Crippen LogP contribution in [0, 0.1) is 13.8 Å². The Morgan fingerprint density at radius 3 is 2.63 bits per heavy atom. The molecule has 0 unspecified atom stereocenters. The van der Waals surface area contributed by atoms with Gasteiger partial charge in [0.2, 0.25) is 5.91 Å². The molecule has 0 spiro atoms. The number of amides is 1. The number of benzene rings is 2. The largest absolute Gasteiger partial charge is 0.495 e. The molecular formula is C20H21N3O3S. The third-order valence-corrected chi connectivity index (χ3v) is 5.18. The molecule has 0 radical (unpaired) electrons. The summed E-state index contributed by atoms with van der Waals surface area (Å²) in [4.78, 5) is 29.4. The molecule has 1 amide bonds. The molecule has 0 saturated carbocycles. The van der Waals surface area contributed by atoms with Gasteiger partial charge in [-0.2, -0.15) is 0 Å². The van der Waals surface area contributed by atoms with E-state index in [9.17, 15) is 9.59 Å². The van der Waals surface area contributed by atoms with E-state index < -0.39 is 0 Å². The number of ether oxygens (including phenoxy) is 1. The molecule has 6 nitrogen and oxygen atoms in total. The summed E-state index contributed by atoms with van der Waals surface area (Å²) in [6.07, 6.45) is 0. The number of hydrogen-bond donors (Lipinski definition) is 1. The average Bonchev–Trinajstić information content (AvgIpc) is 2.64. The van der Waals surface area contributed by atoms with E-state index in [2.05, 4.69) is 10.3 Å². The zero-order chi connectivity index (χ0) is 19.6. The Balaban J connectivity index is 1.78. The third-order valence-electron chi connectivity index (χ3n) is 4.15. The van der Waals surface area contributed by atoms with Crippen LogP contribution < -0.4 is 15.6 Å². The van der Waals surface area contributed by atoms with Gasteiger partial charge < -0.3 is 10.1 Å². The van der Waals surface area contributed by atoms with Crippen molar-refractivity contribution >= 4 is 34.3 Å². The van der Waals surface area contributed by atoms with Gasteiger partial charge >= 0.3 is 0 Å². The van der Waals surface area contributed by atoms with Gasteiger partial charge in [0.1, 0.15) is 5.75 Å². The van der Waals surface area contributed by atoms with E-state index in [1.807, 2.05) is 50.2 Å².